The lowest BCUT2D eigenvalue weighted by molar-refractivity contribution is -0.111. The van der Waals surface area contributed by atoms with E-state index in [4.69, 9.17) is 14.7 Å². The van der Waals surface area contributed by atoms with Crippen LogP contribution in [0.25, 0.3) is 17.5 Å². The topological polar surface area (TPSA) is 113 Å². The molecule has 0 aliphatic rings. The molecule has 1 aromatic heterocycles. The lowest BCUT2D eigenvalue weighted by Gasteiger charge is -2.07. The van der Waals surface area contributed by atoms with Crippen LogP contribution in [0.4, 0.5) is 5.95 Å². The fourth-order valence-corrected chi connectivity index (χ4v) is 2.49. The summed E-state index contributed by atoms with van der Waals surface area (Å²) in [6, 6.07) is 14.3. The number of aromatic amines is 1. The van der Waals surface area contributed by atoms with Crippen LogP contribution >= 0.6 is 0 Å². The second kappa shape index (κ2) is 8.51. The van der Waals surface area contributed by atoms with Gasteiger partial charge in [0.1, 0.15) is 11.5 Å². The van der Waals surface area contributed by atoms with Crippen molar-refractivity contribution in [3.63, 3.8) is 0 Å². The number of benzene rings is 2. The van der Waals surface area contributed by atoms with E-state index in [9.17, 15) is 4.79 Å². The van der Waals surface area contributed by atoms with E-state index in [1.54, 1.807) is 62.8 Å². The van der Waals surface area contributed by atoms with Gasteiger partial charge in [0.25, 0.3) is 5.91 Å². The monoisotopic (exact) mass is 375 g/mol. The fourth-order valence-electron chi connectivity index (χ4n) is 2.49. The molecule has 8 nitrogen and oxygen atoms in total. The van der Waals surface area contributed by atoms with Crippen molar-refractivity contribution >= 4 is 17.9 Å². The van der Waals surface area contributed by atoms with E-state index in [1.807, 2.05) is 0 Å². The summed E-state index contributed by atoms with van der Waals surface area (Å²) in [6.07, 6.45) is 2.88. The Kier molecular flexibility index (Phi) is 5.67. The molecule has 28 heavy (non-hydrogen) atoms. The minimum atomic E-state index is -0.417. The average molecular weight is 375 g/mol. The molecule has 0 aliphatic heterocycles. The molecule has 3 rings (SSSR count). The highest BCUT2D eigenvalue weighted by atomic mass is 16.5. The Morgan fingerprint density at radius 1 is 1.21 bits per heavy atom. The highest BCUT2D eigenvalue weighted by molar-refractivity contribution is 6.01. The normalized spacial score (nSPS) is 10.5. The summed E-state index contributed by atoms with van der Waals surface area (Å²) in [5.74, 6) is 1.35. The van der Waals surface area contributed by atoms with Gasteiger partial charge in [0.2, 0.25) is 5.95 Å². The summed E-state index contributed by atoms with van der Waals surface area (Å²) in [6.45, 7) is 0. The molecule has 3 aromatic rings. The van der Waals surface area contributed by atoms with Crippen LogP contribution in [0.5, 0.6) is 11.5 Å². The molecule has 0 unspecified atom stereocenters. The average Bonchev–Trinajstić information content (AvgIpc) is 3.19. The van der Waals surface area contributed by atoms with Gasteiger partial charge in [0.15, 0.2) is 5.82 Å². The molecular weight excluding hydrogens is 358 g/mol. The van der Waals surface area contributed by atoms with Crippen molar-refractivity contribution < 1.29 is 14.3 Å². The van der Waals surface area contributed by atoms with Gasteiger partial charge >= 0.3 is 0 Å². The second-order valence-electron chi connectivity index (χ2n) is 5.60. The minimum Gasteiger partial charge on any atom is -0.497 e. The number of nitrogens with zero attached hydrogens (tertiary/aromatic N) is 3. The number of carbonyl (C=O) groups excluding carboxylic acids is 1. The van der Waals surface area contributed by atoms with Gasteiger partial charge in [-0.05, 0) is 29.8 Å². The number of carbonyl (C=O) groups is 1. The molecule has 0 radical (unpaired) electrons. The molecule has 0 aliphatic carbocycles. The highest BCUT2D eigenvalue weighted by Gasteiger charge is 2.13. The summed E-state index contributed by atoms with van der Waals surface area (Å²) in [4.78, 5) is 16.4. The van der Waals surface area contributed by atoms with Gasteiger partial charge in [-0.15, -0.1) is 5.10 Å². The number of hydrogen-bond acceptors (Lipinski definition) is 6. The first kappa shape index (κ1) is 18.7. The van der Waals surface area contributed by atoms with Gasteiger partial charge in [-0.3, -0.25) is 15.2 Å². The maximum Gasteiger partial charge on any atom is 0.250 e. The Hall–Kier alpha value is -4.12. The van der Waals surface area contributed by atoms with E-state index < -0.39 is 5.91 Å². The maximum absolute atomic E-state index is 12.1. The molecular formula is C20H17N5O3. The van der Waals surface area contributed by atoms with Gasteiger partial charge < -0.3 is 9.47 Å². The lowest BCUT2D eigenvalue weighted by Crippen LogP contribution is -2.09. The summed E-state index contributed by atoms with van der Waals surface area (Å²) in [7, 11) is 3.11. The molecule has 0 spiro atoms. The van der Waals surface area contributed by atoms with Gasteiger partial charge in [0, 0.05) is 12.1 Å². The predicted octanol–water partition coefficient (Wildman–Crippen LogP) is 3.01. The van der Waals surface area contributed by atoms with Crippen LogP contribution in [0, 0.1) is 11.3 Å². The number of aromatic nitrogens is 3. The number of anilines is 1. The Bertz CT molecular complexity index is 1070. The molecule has 0 saturated carbocycles. The van der Waals surface area contributed by atoms with Crippen molar-refractivity contribution in [3.05, 3.63) is 59.7 Å². The van der Waals surface area contributed by atoms with Crippen molar-refractivity contribution in [1.29, 1.82) is 5.26 Å². The largest absolute Gasteiger partial charge is 0.497 e. The first-order chi connectivity index (χ1) is 13.6. The summed E-state index contributed by atoms with van der Waals surface area (Å²) >= 11 is 0. The number of nitrogens with one attached hydrogen (secondary N) is 2. The van der Waals surface area contributed by atoms with Crippen LogP contribution in [0.1, 0.15) is 11.1 Å². The van der Waals surface area contributed by atoms with Crippen LogP contribution < -0.4 is 14.8 Å². The minimum absolute atomic E-state index is 0.121. The Morgan fingerprint density at radius 3 is 2.79 bits per heavy atom. The van der Waals surface area contributed by atoms with Gasteiger partial charge in [-0.25, -0.2) is 0 Å². The molecule has 0 fully saturated rings. The van der Waals surface area contributed by atoms with Crippen LogP contribution in [-0.2, 0) is 4.79 Å². The zero-order chi connectivity index (χ0) is 19.9. The smallest absolute Gasteiger partial charge is 0.250 e. The van der Waals surface area contributed by atoms with E-state index in [2.05, 4.69) is 26.6 Å². The standard InChI is InChI=1S/C20H17N5O3/c1-27-15-8-9-16(17(11-15)28-2)19-23-20(25-24-19)22-18(26)10-7-13-5-3-4-6-14(13)12-21/h3-11H,1-2H3,(H2,22,23,24,25,26)/b10-7+. The SMILES string of the molecule is COc1ccc(-c2nc(NC(=O)/C=C/c3ccccc3C#N)n[nH]2)c(OC)c1. The van der Waals surface area contributed by atoms with Crippen molar-refractivity contribution in [2.24, 2.45) is 0 Å². The van der Waals surface area contributed by atoms with Gasteiger partial charge in [-0.2, -0.15) is 10.2 Å². The molecule has 0 bridgehead atoms. The number of ether oxygens (including phenoxy) is 2. The first-order valence-electron chi connectivity index (χ1n) is 8.27. The summed E-state index contributed by atoms with van der Waals surface area (Å²) < 4.78 is 10.5. The predicted molar refractivity (Wildman–Crippen MR) is 104 cm³/mol. The van der Waals surface area contributed by atoms with Crippen LogP contribution in [0.15, 0.2) is 48.5 Å². The van der Waals surface area contributed by atoms with E-state index in [-0.39, 0.29) is 5.95 Å². The molecule has 8 heteroatoms. The second-order valence-corrected chi connectivity index (χ2v) is 5.60. The Morgan fingerprint density at radius 2 is 2.04 bits per heavy atom. The van der Waals surface area contributed by atoms with E-state index in [0.717, 1.165) is 0 Å². The van der Waals surface area contributed by atoms with Crippen molar-refractivity contribution in [1.82, 2.24) is 15.2 Å². The number of methoxy groups -OCH3 is 2. The van der Waals surface area contributed by atoms with Gasteiger partial charge in [0.05, 0.1) is 31.4 Å². The van der Waals surface area contributed by atoms with Crippen LogP contribution in [0.3, 0.4) is 0 Å². The number of rotatable bonds is 6. The molecule has 1 amide bonds. The molecule has 0 saturated heterocycles. The third kappa shape index (κ3) is 4.16. The third-order valence-corrected chi connectivity index (χ3v) is 3.88. The third-order valence-electron chi connectivity index (χ3n) is 3.88. The molecule has 2 N–H and O–H groups in total. The van der Waals surface area contributed by atoms with Crippen LogP contribution in [-0.4, -0.2) is 35.3 Å². The Labute approximate surface area is 161 Å². The fraction of sp³-hybridized carbons (Fsp3) is 0.100. The zero-order valence-corrected chi connectivity index (χ0v) is 15.3. The maximum atomic E-state index is 12.1. The summed E-state index contributed by atoms with van der Waals surface area (Å²) in [5.41, 5.74) is 1.81. The van der Waals surface area contributed by atoms with Crippen molar-refractivity contribution in [3.8, 4) is 29.0 Å². The zero-order valence-electron chi connectivity index (χ0n) is 15.3. The molecule has 0 atom stereocenters. The van der Waals surface area contributed by atoms with E-state index in [0.29, 0.717) is 34.0 Å². The molecule has 140 valence electrons. The van der Waals surface area contributed by atoms with Crippen LogP contribution in [0.2, 0.25) is 0 Å². The number of nitriles is 1. The summed E-state index contributed by atoms with van der Waals surface area (Å²) in [5, 5.41) is 18.4. The van der Waals surface area contributed by atoms with Gasteiger partial charge in [-0.1, -0.05) is 18.2 Å². The molecule has 1 heterocycles. The number of amides is 1. The Balaban J connectivity index is 1.74. The van der Waals surface area contributed by atoms with E-state index in [1.165, 1.54) is 6.08 Å². The highest BCUT2D eigenvalue weighted by Crippen LogP contribution is 2.31. The lowest BCUT2D eigenvalue weighted by atomic mass is 10.1. The number of H-pyrrole nitrogens is 1. The van der Waals surface area contributed by atoms with Crippen molar-refractivity contribution in [2.45, 2.75) is 0 Å². The van der Waals surface area contributed by atoms with Crippen molar-refractivity contribution in [2.75, 3.05) is 19.5 Å². The van der Waals surface area contributed by atoms with E-state index >= 15 is 0 Å². The first-order valence-corrected chi connectivity index (χ1v) is 8.27. The quantitative estimate of drug-likeness (QED) is 0.640. The number of hydrogen-bond donors (Lipinski definition) is 2. The molecule has 2 aromatic carbocycles.